The average molecular weight is 446 g/mol. The topological polar surface area (TPSA) is 126 Å². The van der Waals surface area contributed by atoms with Gasteiger partial charge in [0.25, 0.3) is 11.6 Å². The Hall–Kier alpha value is -3.82. The Morgan fingerprint density at radius 2 is 1.66 bits per heavy atom. The summed E-state index contributed by atoms with van der Waals surface area (Å²) in [5, 5.41) is 13.5. The van der Waals surface area contributed by atoms with Gasteiger partial charge in [0.2, 0.25) is 0 Å². The van der Waals surface area contributed by atoms with E-state index in [0.717, 1.165) is 6.07 Å². The monoisotopic (exact) mass is 446 g/mol. The molecular formula is C22H26N2O8. The number of carbonyl (C=O) groups is 2. The van der Waals surface area contributed by atoms with Crippen LogP contribution in [-0.4, -0.2) is 43.7 Å². The molecule has 0 unspecified atom stereocenters. The molecule has 32 heavy (non-hydrogen) atoms. The summed E-state index contributed by atoms with van der Waals surface area (Å²) in [5.41, 5.74) is 0.0341. The largest absolute Gasteiger partial charge is 0.495 e. The van der Waals surface area contributed by atoms with Crippen molar-refractivity contribution in [2.45, 2.75) is 26.9 Å². The second-order valence-corrected chi connectivity index (χ2v) is 7.25. The number of hydrogen-bond acceptors (Lipinski definition) is 8. The summed E-state index contributed by atoms with van der Waals surface area (Å²) in [7, 11) is 2.82. The zero-order valence-corrected chi connectivity index (χ0v) is 18.5. The number of carbonyl (C=O) groups excluding carboxylic acids is 2. The van der Waals surface area contributed by atoms with Gasteiger partial charge in [0.05, 0.1) is 37.0 Å². The van der Waals surface area contributed by atoms with E-state index in [1.165, 1.54) is 45.4 Å². The first-order chi connectivity index (χ1) is 15.2. The molecular weight excluding hydrogens is 420 g/mol. The molecule has 0 aliphatic carbocycles. The summed E-state index contributed by atoms with van der Waals surface area (Å²) in [5.74, 6) is -0.0363. The first kappa shape index (κ1) is 24.4. The number of ether oxygens (including phenoxy) is 4. The van der Waals surface area contributed by atoms with Gasteiger partial charge in [-0.25, -0.2) is 4.79 Å². The van der Waals surface area contributed by atoms with Crippen LogP contribution in [0.3, 0.4) is 0 Å². The van der Waals surface area contributed by atoms with Gasteiger partial charge in [-0.3, -0.25) is 14.9 Å². The summed E-state index contributed by atoms with van der Waals surface area (Å²) < 4.78 is 21.3. The van der Waals surface area contributed by atoms with E-state index in [1.54, 1.807) is 6.07 Å². The fraction of sp³-hybridized carbons (Fsp3) is 0.364. The Morgan fingerprint density at radius 3 is 2.25 bits per heavy atom. The van der Waals surface area contributed by atoms with Crippen LogP contribution in [0.15, 0.2) is 36.4 Å². The van der Waals surface area contributed by atoms with Gasteiger partial charge in [-0.1, -0.05) is 13.8 Å². The first-order valence-corrected chi connectivity index (χ1v) is 9.81. The van der Waals surface area contributed by atoms with Crippen LogP contribution in [0.4, 0.5) is 11.4 Å². The third-order valence-corrected chi connectivity index (χ3v) is 4.28. The number of amides is 1. The van der Waals surface area contributed by atoms with Crippen molar-refractivity contribution in [2.75, 3.05) is 26.1 Å². The second kappa shape index (κ2) is 11.0. The zero-order valence-electron chi connectivity index (χ0n) is 18.5. The van der Waals surface area contributed by atoms with Crippen molar-refractivity contribution in [3.8, 4) is 17.2 Å². The molecule has 10 nitrogen and oxygen atoms in total. The summed E-state index contributed by atoms with van der Waals surface area (Å²) in [6, 6.07) is 8.34. The van der Waals surface area contributed by atoms with Gasteiger partial charge in [-0.15, -0.1) is 0 Å². The highest BCUT2D eigenvalue weighted by Gasteiger charge is 2.22. The van der Waals surface area contributed by atoms with E-state index in [0.29, 0.717) is 24.0 Å². The van der Waals surface area contributed by atoms with E-state index in [1.807, 2.05) is 13.8 Å². The molecule has 0 bridgehead atoms. The van der Waals surface area contributed by atoms with Crippen LogP contribution in [0.5, 0.6) is 17.2 Å². The van der Waals surface area contributed by atoms with Crippen LogP contribution < -0.4 is 19.5 Å². The number of esters is 1. The van der Waals surface area contributed by atoms with Crippen molar-refractivity contribution < 1.29 is 33.5 Å². The molecule has 0 saturated carbocycles. The summed E-state index contributed by atoms with van der Waals surface area (Å²) in [4.78, 5) is 35.4. The van der Waals surface area contributed by atoms with Crippen molar-refractivity contribution in [2.24, 2.45) is 5.92 Å². The molecule has 0 aromatic heterocycles. The Morgan fingerprint density at radius 1 is 1.00 bits per heavy atom. The lowest BCUT2D eigenvalue weighted by Gasteiger charge is -2.16. The number of methoxy groups -OCH3 is 2. The van der Waals surface area contributed by atoms with E-state index in [2.05, 4.69) is 5.32 Å². The molecule has 1 amide bonds. The highest BCUT2D eigenvalue weighted by molar-refractivity contribution is 5.98. The highest BCUT2D eigenvalue weighted by atomic mass is 16.6. The number of rotatable bonds is 10. The van der Waals surface area contributed by atoms with Gasteiger partial charge in [0.1, 0.15) is 5.75 Å². The predicted molar refractivity (Wildman–Crippen MR) is 116 cm³/mol. The fourth-order valence-electron chi connectivity index (χ4n) is 2.59. The normalized spacial score (nSPS) is 11.4. The number of nitrogens with one attached hydrogen (secondary N) is 1. The fourth-order valence-corrected chi connectivity index (χ4v) is 2.59. The van der Waals surface area contributed by atoms with Gasteiger partial charge in [0, 0.05) is 12.1 Å². The lowest BCUT2D eigenvalue weighted by molar-refractivity contribution is -0.384. The average Bonchev–Trinajstić information content (AvgIpc) is 2.77. The number of non-ortho nitro benzene ring substituents is 1. The standard InChI is InChI=1S/C22H26N2O8/c1-13(2)12-31-19-8-6-15(10-20(19)30-5)22(26)32-14(3)21(25)23-17-11-16(24(27)28)7-9-18(17)29-4/h6-11,13-14H,12H2,1-5H3,(H,23,25)/t14-/m0/s1. The van der Waals surface area contributed by atoms with Crippen LogP contribution >= 0.6 is 0 Å². The van der Waals surface area contributed by atoms with Crippen molar-refractivity contribution in [1.29, 1.82) is 0 Å². The van der Waals surface area contributed by atoms with Crippen LogP contribution in [0.2, 0.25) is 0 Å². The SMILES string of the molecule is COc1ccc([N+](=O)[O-])cc1NC(=O)[C@H](C)OC(=O)c1ccc(OCC(C)C)c(OC)c1. The predicted octanol–water partition coefficient (Wildman–Crippen LogP) is 3.83. The van der Waals surface area contributed by atoms with Crippen LogP contribution in [0.1, 0.15) is 31.1 Å². The summed E-state index contributed by atoms with van der Waals surface area (Å²) in [6.45, 7) is 5.88. The molecule has 0 heterocycles. The molecule has 0 aliphatic heterocycles. The highest BCUT2D eigenvalue weighted by Crippen LogP contribution is 2.30. The third-order valence-electron chi connectivity index (χ3n) is 4.28. The molecule has 0 spiro atoms. The number of benzene rings is 2. The van der Waals surface area contributed by atoms with E-state index >= 15 is 0 Å². The van der Waals surface area contributed by atoms with Gasteiger partial charge in [-0.2, -0.15) is 0 Å². The van der Waals surface area contributed by atoms with E-state index in [9.17, 15) is 19.7 Å². The molecule has 0 aliphatic rings. The molecule has 10 heteroatoms. The lowest BCUT2D eigenvalue weighted by Crippen LogP contribution is -2.30. The summed E-state index contributed by atoms with van der Waals surface area (Å²) in [6.07, 6.45) is -1.19. The molecule has 0 saturated heterocycles. The van der Waals surface area contributed by atoms with Crippen LogP contribution in [0, 0.1) is 16.0 Å². The number of nitro benzene ring substituents is 1. The Labute approximate surface area is 185 Å². The molecule has 2 rings (SSSR count). The van der Waals surface area contributed by atoms with E-state index in [4.69, 9.17) is 18.9 Å². The van der Waals surface area contributed by atoms with Crippen LogP contribution in [-0.2, 0) is 9.53 Å². The summed E-state index contributed by atoms with van der Waals surface area (Å²) >= 11 is 0. The van der Waals surface area contributed by atoms with Crippen molar-refractivity contribution >= 4 is 23.3 Å². The second-order valence-electron chi connectivity index (χ2n) is 7.25. The Kier molecular flexibility index (Phi) is 8.39. The van der Waals surface area contributed by atoms with Gasteiger partial charge in [-0.05, 0) is 37.1 Å². The Bertz CT molecular complexity index is 990. The minimum absolute atomic E-state index is 0.0860. The van der Waals surface area contributed by atoms with Crippen LogP contribution in [0.25, 0.3) is 0 Å². The number of nitro groups is 1. The lowest BCUT2D eigenvalue weighted by atomic mass is 10.2. The first-order valence-electron chi connectivity index (χ1n) is 9.81. The quantitative estimate of drug-likeness (QED) is 0.331. The van der Waals surface area contributed by atoms with E-state index < -0.39 is 22.9 Å². The maximum absolute atomic E-state index is 12.5. The third kappa shape index (κ3) is 6.34. The molecule has 0 radical (unpaired) electrons. The number of nitrogens with zero attached hydrogens (tertiary/aromatic N) is 1. The molecule has 1 N–H and O–H groups in total. The minimum atomic E-state index is -1.19. The molecule has 2 aromatic carbocycles. The number of hydrogen-bond donors (Lipinski definition) is 1. The van der Waals surface area contributed by atoms with Crippen molar-refractivity contribution in [3.05, 3.63) is 52.1 Å². The van der Waals surface area contributed by atoms with Crippen molar-refractivity contribution in [3.63, 3.8) is 0 Å². The van der Waals surface area contributed by atoms with Gasteiger partial charge < -0.3 is 24.3 Å². The molecule has 172 valence electrons. The van der Waals surface area contributed by atoms with Gasteiger partial charge in [0.15, 0.2) is 17.6 Å². The smallest absolute Gasteiger partial charge is 0.339 e. The van der Waals surface area contributed by atoms with Crippen molar-refractivity contribution in [1.82, 2.24) is 0 Å². The molecule has 1 atom stereocenters. The Balaban J connectivity index is 2.09. The minimum Gasteiger partial charge on any atom is -0.495 e. The number of anilines is 1. The zero-order chi connectivity index (χ0) is 23.8. The molecule has 0 fully saturated rings. The maximum atomic E-state index is 12.5. The van der Waals surface area contributed by atoms with Gasteiger partial charge >= 0.3 is 5.97 Å². The maximum Gasteiger partial charge on any atom is 0.339 e. The van der Waals surface area contributed by atoms with E-state index in [-0.39, 0.29) is 22.7 Å². The molecule has 2 aromatic rings.